The van der Waals surface area contributed by atoms with Gasteiger partial charge in [0.05, 0.1) is 40.2 Å². The summed E-state index contributed by atoms with van der Waals surface area (Å²) in [6, 6.07) is 47.3. The zero-order valence-corrected chi connectivity index (χ0v) is 36.7. The molecule has 4 atom stereocenters. The summed E-state index contributed by atoms with van der Waals surface area (Å²) in [6.45, 7) is 4.67. The van der Waals surface area contributed by atoms with E-state index in [1.54, 1.807) is 46.2 Å². The Morgan fingerprint density at radius 2 is 1.16 bits per heavy atom. The van der Waals surface area contributed by atoms with Crippen LogP contribution in [0.2, 0.25) is 0 Å². The van der Waals surface area contributed by atoms with Crippen molar-refractivity contribution in [3.05, 3.63) is 202 Å². The molecule has 0 unspecified atom stereocenters. The van der Waals surface area contributed by atoms with Crippen molar-refractivity contribution in [1.82, 2.24) is 4.90 Å². The first-order valence-electron chi connectivity index (χ1n) is 21.4. The molecule has 0 saturated carbocycles. The molecule has 1 spiro atoms. The summed E-state index contributed by atoms with van der Waals surface area (Å²) in [5.74, 6) is -3.42. The van der Waals surface area contributed by atoms with Gasteiger partial charge in [-0.3, -0.25) is 9.59 Å². The summed E-state index contributed by atoms with van der Waals surface area (Å²) in [5.41, 5.74) is 5.48. The molecule has 6 aromatic rings. The largest absolute Gasteiger partial charge is 0.355 e. The molecule has 4 aliphatic heterocycles. The Hall–Kier alpha value is -6.30. The molecule has 9 nitrogen and oxygen atoms in total. The van der Waals surface area contributed by atoms with Gasteiger partial charge in [0.1, 0.15) is 5.25 Å². The number of nitrogens with zero attached hydrogens (tertiary/aromatic N) is 3. The first-order valence-corrected chi connectivity index (χ1v) is 24.6. The van der Waals surface area contributed by atoms with Gasteiger partial charge in [0.15, 0.2) is 25.2 Å². The molecule has 318 valence electrons. The van der Waals surface area contributed by atoms with E-state index >= 15 is 18.0 Å². The summed E-state index contributed by atoms with van der Waals surface area (Å²) in [7, 11) is -8.72. The van der Waals surface area contributed by atoms with Crippen LogP contribution in [0.1, 0.15) is 52.1 Å². The first kappa shape index (κ1) is 40.8. The van der Waals surface area contributed by atoms with Crippen molar-refractivity contribution >= 4 is 42.9 Å². The van der Waals surface area contributed by atoms with Gasteiger partial charge in [-0.2, -0.15) is 0 Å². The summed E-state index contributed by atoms with van der Waals surface area (Å²) in [5, 5.41) is -1.52. The van der Waals surface area contributed by atoms with E-state index < -0.39 is 48.1 Å². The number of hydrogen-bond donors (Lipinski definition) is 0. The second-order valence-electron chi connectivity index (χ2n) is 17.2. The Morgan fingerprint density at radius 1 is 0.619 bits per heavy atom. The van der Waals surface area contributed by atoms with Crippen LogP contribution in [0, 0.1) is 19.8 Å². The van der Waals surface area contributed by atoms with Gasteiger partial charge in [0.2, 0.25) is 5.91 Å². The Labute approximate surface area is 369 Å². The predicted molar refractivity (Wildman–Crippen MR) is 244 cm³/mol. The van der Waals surface area contributed by atoms with E-state index in [9.17, 15) is 8.42 Å². The zero-order chi connectivity index (χ0) is 43.7. The molecule has 1 fully saturated rings. The lowest BCUT2D eigenvalue weighted by atomic mass is 9.79. The summed E-state index contributed by atoms with van der Waals surface area (Å²) >= 11 is 0. The summed E-state index contributed by atoms with van der Waals surface area (Å²) in [4.78, 5) is 37.0. The van der Waals surface area contributed by atoms with Gasteiger partial charge in [-0.15, -0.1) is 0 Å². The number of amides is 2. The lowest BCUT2D eigenvalue weighted by Gasteiger charge is -2.42. The third-order valence-corrected chi connectivity index (χ3v) is 17.3. The standard InChI is InChI=1S/C52H47N3O6S2/c1-35-25-27-45-42(30-35)47(50(56)53(45)32-37-16-7-3-8-17-37)41-24-15-29-55-48(41)49(63(60,61)40-22-13-6-14-23-40)44(34-62(58,59)39-20-11-5-12-21-39)52(55)43-31-36(2)26-28-46(43)54(51(52)57)33-38-18-9-4-10-19-38/h3-14,16-23,25-28,30-31,44,47,49H,15,24,29,32-34H2,1-2H3/t44-,47-,49-,52+/m0/s1. The highest BCUT2D eigenvalue weighted by molar-refractivity contribution is 7.93. The van der Waals surface area contributed by atoms with E-state index in [4.69, 9.17) is 0 Å². The molecule has 4 heterocycles. The van der Waals surface area contributed by atoms with E-state index in [2.05, 4.69) is 0 Å². The first-order chi connectivity index (χ1) is 30.4. The summed E-state index contributed by atoms with van der Waals surface area (Å²) in [6.07, 6.45) is 0.889. The molecule has 63 heavy (non-hydrogen) atoms. The minimum atomic E-state index is -4.48. The molecule has 4 aliphatic rings. The average molecular weight is 874 g/mol. The molecule has 1 saturated heterocycles. The number of fused-ring (bicyclic) bond motifs is 5. The molecule has 0 aliphatic carbocycles. The second kappa shape index (κ2) is 15.5. The molecule has 10 rings (SSSR count). The average Bonchev–Trinajstić information content (AvgIpc) is 3.83. The Bertz CT molecular complexity index is 3030. The fourth-order valence-electron chi connectivity index (χ4n) is 10.7. The van der Waals surface area contributed by atoms with Gasteiger partial charge in [-0.25, -0.2) is 16.8 Å². The monoisotopic (exact) mass is 873 g/mol. The maximum Gasteiger partial charge on any atom is 0.258 e. The Kier molecular flexibility index (Phi) is 10.0. The van der Waals surface area contributed by atoms with Crippen LogP contribution in [0.3, 0.4) is 0 Å². The lowest BCUT2D eigenvalue weighted by Crippen LogP contribution is -2.55. The smallest absolute Gasteiger partial charge is 0.258 e. The summed E-state index contributed by atoms with van der Waals surface area (Å²) < 4.78 is 61.8. The highest BCUT2D eigenvalue weighted by Gasteiger charge is 2.70. The van der Waals surface area contributed by atoms with Crippen LogP contribution in [-0.2, 0) is 47.9 Å². The van der Waals surface area contributed by atoms with E-state index in [0.717, 1.165) is 33.5 Å². The van der Waals surface area contributed by atoms with Crippen molar-refractivity contribution in [2.75, 3.05) is 22.1 Å². The fraction of sp³-hybridized carbons (Fsp3) is 0.231. The van der Waals surface area contributed by atoms with E-state index in [-0.39, 0.29) is 34.7 Å². The normalized spacial score (nSPS) is 21.9. The van der Waals surface area contributed by atoms with E-state index in [1.165, 1.54) is 24.3 Å². The van der Waals surface area contributed by atoms with Crippen LogP contribution >= 0.6 is 0 Å². The van der Waals surface area contributed by atoms with Gasteiger partial charge in [0.25, 0.3) is 5.91 Å². The van der Waals surface area contributed by atoms with Crippen LogP contribution in [0.5, 0.6) is 0 Å². The van der Waals surface area contributed by atoms with Gasteiger partial charge >= 0.3 is 0 Å². The minimum absolute atomic E-state index is 0.0160. The number of carbonyl (C=O) groups is 2. The maximum absolute atomic E-state index is 16.2. The van der Waals surface area contributed by atoms with Crippen molar-refractivity contribution in [1.29, 1.82) is 0 Å². The molecule has 0 N–H and O–H groups in total. The van der Waals surface area contributed by atoms with Gasteiger partial charge in [-0.1, -0.05) is 132 Å². The SMILES string of the molecule is Cc1ccc2c(c1)[C@H](C1=C3[C@@H](S(=O)(=O)c4ccccc4)[C@H](CS(=O)(=O)c4ccccc4)[C@]4(C(=O)N(Cc5ccccc5)c5ccc(C)cc54)N3CCC1)C(=O)N2Cc1ccccc1. The maximum atomic E-state index is 16.2. The second-order valence-corrected chi connectivity index (χ2v) is 21.3. The molecule has 0 bridgehead atoms. The van der Waals surface area contributed by atoms with Crippen molar-refractivity contribution in [2.45, 2.75) is 66.3 Å². The highest BCUT2D eigenvalue weighted by Crippen LogP contribution is 2.62. The Morgan fingerprint density at radius 3 is 1.78 bits per heavy atom. The quantitative estimate of drug-likeness (QED) is 0.136. The third-order valence-electron chi connectivity index (χ3n) is 13.4. The van der Waals surface area contributed by atoms with Gasteiger partial charge in [0, 0.05) is 29.4 Å². The number of rotatable bonds is 10. The van der Waals surface area contributed by atoms with Crippen LogP contribution < -0.4 is 9.80 Å². The lowest BCUT2D eigenvalue weighted by molar-refractivity contribution is -0.130. The number of aryl methyl sites for hydroxylation is 2. The topological polar surface area (TPSA) is 112 Å². The minimum Gasteiger partial charge on any atom is -0.355 e. The Balaban J connectivity index is 1.27. The molecule has 0 aromatic heterocycles. The highest BCUT2D eigenvalue weighted by atomic mass is 32.2. The number of anilines is 2. The number of sulfone groups is 2. The van der Waals surface area contributed by atoms with Crippen LogP contribution in [0.4, 0.5) is 11.4 Å². The van der Waals surface area contributed by atoms with Crippen molar-refractivity contribution in [3.63, 3.8) is 0 Å². The van der Waals surface area contributed by atoms with Gasteiger partial charge < -0.3 is 14.7 Å². The fourth-order valence-corrected chi connectivity index (χ4v) is 14.7. The number of benzene rings is 6. The molecular formula is C52H47N3O6S2. The molecule has 6 aromatic carbocycles. The molecule has 11 heteroatoms. The van der Waals surface area contributed by atoms with E-state index in [0.29, 0.717) is 41.9 Å². The van der Waals surface area contributed by atoms with Crippen molar-refractivity contribution in [3.8, 4) is 0 Å². The molecular weight excluding hydrogens is 827 g/mol. The van der Waals surface area contributed by atoms with Crippen molar-refractivity contribution < 1.29 is 26.4 Å². The third kappa shape index (κ3) is 6.54. The number of hydrogen-bond acceptors (Lipinski definition) is 7. The zero-order valence-electron chi connectivity index (χ0n) is 35.1. The van der Waals surface area contributed by atoms with Crippen molar-refractivity contribution in [2.24, 2.45) is 5.92 Å². The van der Waals surface area contributed by atoms with Crippen LogP contribution in [0.25, 0.3) is 0 Å². The van der Waals surface area contributed by atoms with E-state index in [1.807, 2.05) is 116 Å². The van der Waals surface area contributed by atoms with Crippen LogP contribution in [0.15, 0.2) is 179 Å². The number of carbonyl (C=O) groups excluding carboxylic acids is 2. The predicted octanol–water partition coefficient (Wildman–Crippen LogP) is 8.67. The molecule has 2 amide bonds. The van der Waals surface area contributed by atoms with Crippen LogP contribution in [-0.4, -0.2) is 51.1 Å². The van der Waals surface area contributed by atoms with Gasteiger partial charge in [-0.05, 0) is 85.4 Å². The molecule has 0 radical (unpaired) electrons.